The summed E-state index contributed by atoms with van der Waals surface area (Å²) in [5.74, 6) is -11.5. The summed E-state index contributed by atoms with van der Waals surface area (Å²) in [6.07, 6.45) is -3.55. The first-order chi connectivity index (χ1) is 51.3. The van der Waals surface area contributed by atoms with E-state index in [2.05, 4.69) is 63.8 Å². The Labute approximate surface area is 630 Å². The molecule has 0 unspecified atom stereocenters. The highest BCUT2D eigenvalue weighted by molar-refractivity contribution is 8.76. The van der Waals surface area contributed by atoms with Crippen LogP contribution in [0.2, 0.25) is 0 Å². The minimum absolute atomic E-state index is 0.0289. The second-order valence-electron chi connectivity index (χ2n) is 26.7. The summed E-state index contributed by atoms with van der Waals surface area (Å²) in [6.45, 7) is 5.97. The topological polar surface area (TPSA) is 439 Å². The third-order valence-corrected chi connectivity index (χ3v) is 20.2. The summed E-state index contributed by atoms with van der Waals surface area (Å²) < 4.78 is 0. The quantitative estimate of drug-likeness (QED) is 0.0328. The minimum atomic E-state index is -1.90. The first-order valence-electron chi connectivity index (χ1n) is 35.6. The van der Waals surface area contributed by atoms with Crippen LogP contribution in [0, 0.1) is 0 Å². The monoisotopic (exact) mass is 1510 g/mol. The molecule has 10 amide bonds. The Morgan fingerprint density at radius 1 is 0.430 bits per heavy atom. The van der Waals surface area contributed by atoms with E-state index in [9.17, 15) is 54.0 Å². The molecule has 6 aromatic carbocycles. The third kappa shape index (κ3) is 27.2. The SMILES string of the molecule is CN[C@H]1CSSC[C@@H](C(=O)O)NC(=O)[C@H](CO)NC(=O)[C@H]([C@@H](C)O)NC(=O)[C@H](Cc2ccccc2)NC(=O)[C@@H]([C@@H](C)O)NC(=O)[C@H](Cc2ccc(CNC(C)C)cc2)NC(=O)[C@@H](Cc2ccc3ccccc3c2)NC(=O)[C@H](Cc2ccccc2)NC(=O)[C@H](Cc2ccccc2)NC(=O)[C@H](CCCCN)NC1=O. The molecule has 107 heavy (non-hydrogen) atoms. The fraction of sp³-hybridized carbons (Fsp3) is 0.416. The molecule has 574 valence electrons. The van der Waals surface area contributed by atoms with Crippen LogP contribution >= 0.6 is 21.6 Å². The lowest BCUT2D eigenvalue weighted by Gasteiger charge is -2.29. The number of likely N-dealkylation sites (N-methyl/N-ethyl adjacent to an activating group) is 1. The van der Waals surface area contributed by atoms with Gasteiger partial charge in [-0.2, -0.15) is 0 Å². The predicted octanol–water partition coefficient (Wildman–Crippen LogP) is 0.650. The smallest absolute Gasteiger partial charge is 0.327 e. The van der Waals surface area contributed by atoms with Gasteiger partial charge in [0, 0.05) is 56.2 Å². The van der Waals surface area contributed by atoms with Crippen molar-refractivity contribution in [3.8, 4) is 0 Å². The molecule has 0 bridgehead atoms. The zero-order valence-electron chi connectivity index (χ0n) is 60.5. The molecule has 0 aromatic heterocycles. The molecule has 0 aliphatic carbocycles. The van der Waals surface area contributed by atoms with E-state index in [-0.39, 0.29) is 62.6 Å². The number of amides is 10. The van der Waals surface area contributed by atoms with Gasteiger partial charge in [0.25, 0.3) is 0 Å². The number of nitrogens with one attached hydrogen (secondary N) is 12. The number of hydrogen-bond donors (Lipinski definition) is 17. The molecule has 1 aliphatic rings. The van der Waals surface area contributed by atoms with Crippen LogP contribution in [0.15, 0.2) is 158 Å². The van der Waals surface area contributed by atoms with Gasteiger partial charge in [-0.05, 0) is 90.9 Å². The second-order valence-corrected chi connectivity index (χ2v) is 29.2. The van der Waals surface area contributed by atoms with Crippen molar-refractivity contribution >= 4 is 97.4 Å². The first kappa shape index (κ1) is 84.5. The van der Waals surface area contributed by atoms with Gasteiger partial charge in [-0.1, -0.05) is 193 Å². The van der Waals surface area contributed by atoms with Gasteiger partial charge in [0.05, 0.1) is 24.9 Å². The van der Waals surface area contributed by atoms with Gasteiger partial charge in [0.2, 0.25) is 59.1 Å². The molecular formula is C77H99N13O15S2. The van der Waals surface area contributed by atoms with E-state index in [1.807, 2.05) is 62.4 Å². The lowest BCUT2D eigenvalue weighted by Crippen LogP contribution is -2.63. The highest BCUT2D eigenvalue weighted by Gasteiger charge is 2.39. The van der Waals surface area contributed by atoms with Crippen LogP contribution in [-0.2, 0) is 91.4 Å². The average molecular weight is 1510 g/mol. The van der Waals surface area contributed by atoms with Crippen LogP contribution in [0.3, 0.4) is 0 Å². The lowest BCUT2D eigenvalue weighted by molar-refractivity contribution is -0.142. The van der Waals surface area contributed by atoms with Crippen LogP contribution in [0.4, 0.5) is 0 Å². The zero-order chi connectivity index (χ0) is 77.5. The molecule has 18 N–H and O–H groups in total. The molecule has 30 heteroatoms. The van der Waals surface area contributed by atoms with E-state index >= 15 is 19.2 Å². The number of rotatable bonds is 22. The Hall–Kier alpha value is -9.79. The summed E-state index contributed by atoms with van der Waals surface area (Å²) in [5, 5.41) is 77.4. The van der Waals surface area contributed by atoms with Gasteiger partial charge in [0.1, 0.15) is 60.4 Å². The molecule has 0 radical (unpaired) electrons. The highest BCUT2D eigenvalue weighted by atomic mass is 33.1. The summed E-state index contributed by atoms with van der Waals surface area (Å²) >= 11 is 0. The highest BCUT2D eigenvalue weighted by Crippen LogP contribution is 2.24. The van der Waals surface area contributed by atoms with Gasteiger partial charge in [-0.25, -0.2) is 4.79 Å². The van der Waals surface area contributed by atoms with Crippen LogP contribution in [0.5, 0.6) is 0 Å². The Kier molecular flexibility index (Phi) is 34.0. The Balaban J connectivity index is 1.33. The fourth-order valence-electron chi connectivity index (χ4n) is 11.7. The van der Waals surface area contributed by atoms with E-state index in [1.54, 1.807) is 109 Å². The number of carbonyl (C=O) groups is 11. The molecule has 0 saturated carbocycles. The number of carboxylic acids is 1. The molecule has 1 heterocycles. The third-order valence-electron chi connectivity index (χ3n) is 17.8. The number of fused-ring (bicyclic) bond motifs is 1. The van der Waals surface area contributed by atoms with Crippen LogP contribution < -0.4 is 69.5 Å². The summed E-state index contributed by atoms with van der Waals surface area (Å²) in [5.41, 5.74) is 9.53. The van der Waals surface area contributed by atoms with Crippen molar-refractivity contribution < 1.29 is 73.2 Å². The van der Waals surface area contributed by atoms with Gasteiger partial charge in [-0.15, -0.1) is 0 Å². The molecule has 1 aliphatic heterocycles. The van der Waals surface area contributed by atoms with E-state index in [4.69, 9.17) is 5.73 Å². The predicted molar refractivity (Wildman–Crippen MR) is 408 cm³/mol. The number of nitrogens with two attached hydrogens (primary N) is 1. The largest absolute Gasteiger partial charge is 0.480 e. The molecule has 7 rings (SSSR count). The Morgan fingerprint density at radius 2 is 0.794 bits per heavy atom. The number of benzene rings is 6. The van der Waals surface area contributed by atoms with Crippen molar-refractivity contribution in [1.29, 1.82) is 0 Å². The molecular weight excluding hydrogens is 1410 g/mol. The molecule has 1 fully saturated rings. The molecule has 28 nitrogen and oxygen atoms in total. The van der Waals surface area contributed by atoms with Crippen LogP contribution in [-0.4, -0.2) is 202 Å². The summed E-state index contributed by atoms with van der Waals surface area (Å²) in [6, 6.07) is 28.7. The minimum Gasteiger partial charge on any atom is -0.480 e. The zero-order valence-corrected chi connectivity index (χ0v) is 62.1. The van der Waals surface area contributed by atoms with Crippen molar-refractivity contribution in [1.82, 2.24) is 63.8 Å². The molecule has 13 atom stereocenters. The van der Waals surface area contributed by atoms with Crippen molar-refractivity contribution in [3.63, 3.8) is 0 Å². The number of aliphatic carboxylic acids is 1. The van der Waals surface area contributed by atoms with E-state index < -0.39 is 150 Å². The van der Waals surface area contributed by atoms with Gasteiger partial charge >= 0.3 is 5.97 Å². The van der Waals surface area contributed by atoms with E-state index in [0.29, 0.717) is 47.2 Å². The van der Waals surface area contributed by atoms with Crippen molar-refractivity contribution in [2.24, 2.45) is 5.73 Å². The Bertz CT molecular complexity index is 3940. The van der Waals surface area contributed by atoms with E-state index in [0.717, 1.165) is 44.8 Å². The molecule has 1 saturated heterocycles. The maximum atomic E-state index is 15.6. The number of unbranched alkanes of at least 4 members (excludes halogenated alkanes) is 1. The summed E-state index contributed by atoms with van der Waals surface area (Å²) in [4.78, 5) is 160. The fourth-order valence-corrected chi connectivity index (χ4v) is 14.1. The van der Waals surface area contributed by atoms with Gasteiger partial charge in [-0.3, -0.25) is 47.9 Å². The normalized spacial score (nSPS) is 23.5. The Morgan fingerprint density at radius 3 is 1.22 bits per heavy atom. The van der Waals surface area contributed by atoms with Gasteiger partial charge < -0.3 is 90.0 Å². The summed E-state index contributed by atoms with van der Waals surface area (Å²) in [7, 11) is 3.47. The number of carbonyl (C=O) groups excluding carboxylic acids is 10. The van der Waals surface area contributed by atoms with E-state index in [1.165, 1.54) is 14.0 Å². The standard InChI is InChI=1S/C77H99N13O15S2/c1-45(2)80-41-52-30-28-51(29-31-52)39-59-71(98)89-65(46(3)92)75(102)86-60(38-50-23-13-8-14-24-50)72(99)90-66(47(4)93)76(103)87-62(42-91)73(100)88-64(77(104)105)44-107-106-43-63(79-5)74(101)81-56(27-17-18-34-78)67(94)82-57(36-48-19-9-6-10-20-48)68(95)83-58(37-49-21-11-7-12-22-49)69(96)85-61(70(97)84-59)40-53-32-33-54-25-15-16-26-55(54)35-53/h6-16,19-26,28-33,35,45-47,56-66,79-80,91-93H,17-18,27,34,36-44,78H2,1-5H3,(H,81,101)(H,82,94)(H,83,95)(H,84,97)(H,85,96)(H,86,102)(H,87,103)(H,88,100)(H,89,98)(H,90,99)(H,104,105)/t46-,47-,56+,57+,58+,59+,60+,61-,62+,63+,64+,65-,66+/m1/s1. The van der Waals surface area contributed by atoms with Crippen LogP contribution in [0.25, 0.3) is 10.8 Å². The number of aliphatic hydroxyl groups is 3. The van der Waals surface area contributed by atoms with Gasteiger partial charge in [0.15, 0.2) is 0 Å². The number of hydrogen-bond acceptors (Lipinski definition) is 19. The first-order valence-corrected chi connectivity index (χ1v) is 38.1. The van der Waals surface area contributed by atoms with Crippen LogP contribution in [0.1, 0.15) is 80.3 Å². The van der Waals surface area contributed by atoms with Crippen molar-refractivity contribution in [2.45, 2.75) is 170 Å². The van der Waals surface area contributed by atoms with Crippen molar-refractivity contribution in [2.75, 3.05) is 31.7 Å². The number of aliphatic hydroxyl groups excluding tert-OH is 3. The maximum absolute atomic E-state index is 15.6. The molecule has 0 spiro atoms. The molecule has 6 aromatic rings. The maximum Gasteiger partial charge on any atom is 0.327 e. The lowest BCUT2D eigenvalue weighted by atomic mass is 9.98. The average Bonchev–Trinajstić information content (AvgIpc) is 0.817. The number of carboxylic acid groups (broad SMARTS) is 1. The van der Waals surface area contributed by atoms with Crippen molar-refractivity contribution in [3.05, 3.63) is 191 Å². The second kappa shape index (κ2) is 43.1.